The van der Waals surface area contributed by atoms with Gasteiger partial charge in [0.1, 0.15) is 5.84 Å². The normalized spacial score (nSPS) is 13.0. The summed E-state index contributed by atoms with van der Waals surface area (Å²) < 4.78 is 0. The molecular formula is C16H25N3O2. The van der Waals surface area contributed by atoms with Gasteiger partial charge in [0.05, 0.1) is 0 Å². The third kappa shape index (κ3) is 5.10. The lowest BCUT2D eigenvalue weighted by Crippen LogP contribution is -2.38. The van der Waals surface area contributed by atoms with E-state index in [-0.39, 0.29) is 17.7 Å². The molecule has 0 saturated carbocycles. The summed E-state index contributed by atoms with van der Waals surface area (Å²) in [6.07, 6.45) is 1.21. The molecule has 21 heavy (non-hydrogen) atoms. The molecule has 0 bridgehead atoms. The largest absolute Gasteiger partial charge is 0.409 e. The number of carbonyl (C=O) groups is 1. The molecule has 0 saturated heterocycles. The van der Waals surface area contributed by atoms with Gasteiger partial charge in [-0.25, -0.2) is 0 Å². The second-order valence-corrected chi connectivity index (χ2v) is 5.28. The number of rotatable bonds is 7. The van der Waals surface area contributed by atoms with Crippen LogP contribution in [0.4, 0.5) is 0 Å². The average molecular weight is 291 g/mol. The number of nitrogens with two attached hydrogens (primary N) is 1. The highest BCUT2D eigenvalue weighted by Crippen LogP contribution is 2.11. The maximum absolute atomic E-state index is 12.3. The molecule has 1 atom stereocenters. The van der Waals surface area contributed by atoms with Crippen LogP contribution in [0.3, 0.4) is 0 Å². The van der Waals surface area contributed by atoms with Gasteiger partial charge in [-0.3, -0.25) is 4.79 Å². The Kier molecular flexibility index (Phi) is 6.72. The molecule has 1 aromatic carbocycles. The lowest BCUT2D eigenvalue weighted by atomic mass is 10.0. The predicted octanol–water partition coefficient (Wildman–Crippen LogP) is 2.16. The van der Waals surface area contributed by atoms with Gasteiger partial charge in [0.25, 0.3) is 0 Å². The van der Waals surface area contributed by atoms with Crippen molar-refractivity contribution >= 4 is 11.7 Å². The van der Waals surface area contributed by atoms with Crippen molar-refractivity contribution in [3.63, 3.8) is 0 Å². The molecular weight excluding hydrogens is 266 g/mol. The van der Waals surface area contributed by atoms with Crippen LogP contribution in [0.15, 0.2) is 29.4 Å². The van der Waals surface area contributed by atoms with E-state index in [0.717, 1.165) is 6.42 Å². The quantitative estimate of drug-likeness (QED) is 0.350. The van der Waals surface area contributed by atoms with Gasteiger partial charge >= 0.3 is 0 Å². The van der Waals surface area contributed by atoms with E-state index in [1.54, 1.807) is 4.90 Å². The van der Waals surface area contributed by atoms with Gasteiger partial charge in [-0.2, -0.15) is 0 Å². The van der Waals surface area contributed by atoms with Crippen molar-refractivity contribution < 1.29 is 10.0 Å². The van der Waals surface area contributed by atoms with E-state index < -0.39 is 0 Å². The van der Waals surface area contributed by atoms with Crippen molar-refractivity contribution in [1.29, 1.82) is 0 Å². The summed E-state index contributed by atoms with van der Waals surface area (Å²) in [6.45, 7) is 6.92. The summed E-state index contributed by atoms with van der Waals surface area (Å²) in [7, 11) is 0. The molecule has 3 N–H and O–H groups in total. The van der Waals surface area contributed by atoms with Gasteiger partial charge < -0.3 is 15.8 Å². The summed E-state index contributed by atoms with van der Waals surface area (Å²) in [4.78, 5) is 14.0. The molecule has 0 heterocycles. The van der Waals surface area contributed by atoms with Crippen LogP contribution < -0.4 is 5.73 Å². The van der Waals surface area contributed by atoms with Crippen molar-refractivity contribution in [3.8, 4) is 0 Å². The van der Waals surface area contributed by atoms with Gasteiger partial charge in [-0.05, 0) is 31.4 Å². The fourth-order valence-corrected chi connectivity index (χ4v) is 2.22. The molecule has 0 aliphatic carbocycles. The van der Waals surface area contributed by atoms with E-state index in [9.17, 15) is 4.79 Å². The van der Waals surface area contributed by atoms with Gasteiger partial charge in [-0.1, -0.05) is 36.3 Å². The molecule has 1 amide bonds. The Balaban J connectivity index is 2.58. The lowest BCUT2D eigenvalue weighted by molar-refractivity contribution is -0.131. The van der Waals surface area contributed by atoms with Crippen LogP contribution in [0.5, 0.6) is 0 Å². The fourth-order valence-electron chi connectivity index (χ4n) is 2.22. The molecule has 0 aromatic heterocycles. The lowest BCUT2D eigenvalue weighted by Gasteiger charge is -2.24. The first-order valence-corrected chi connectivity index (χ1v) is 7.29. The zero-order valence-electron chi connectivity index (χ0n) is 13.0. The summed E-state index contributed by atoms with van der Waals surface area (Å²) in [6, 6.07) is 8.10. The Morgan fingerprint density at radius 1 is 1.43 bits per heavy atom. The minimum atomic E-state index is -0.155. The molecule has 1 rings (SSSR count). The van der Waals surface area contributed by atoms with E-state index in [0.29, 0.717) is 19.5 Å². The van der Waals surface area contributed by atoms with Crippen molar-refractivity contribution in [2.75, 3.05) is 13.1 Å². The Hall–Kier alpha value is -2.04. The van der Waals surface area contributed by atoms with E-state index in [2.05, 4.69) is 24.2 Å². The zero-order chi connectivity index (χ0) is 15.8. The number of carbonyl (C=O) groups excluding carboxylic acids is 1. The van der Waals surface area contributed by atoms with Gasteiger partial charge in [0.15, 0.2) is 0 Å². The second-order valence-electron chi connectivity index (χ2n) is 5.28. The molecule has 116 valence electrons. The zero-order valence-corrected chi connectivity index (χ0v) is 13.0. The van der Waals surface area contributed by atoms with Crippen LogP contribution in [-0.2, 0) is 11.2 Å². The molecule has 0 spiro atoms. The van der Waals surface area contributed by atoms with Crippen LogP contribution in [0.25, 0.3) is 0 Å². The number of aryl methyl sites for hydroxylation is 2. The Morgan fingerprint density at radius 2 is 2.10 bits per heavy atom. The van der Waals surface area contributed by atoms with Crippen molar-refractivity contribution in [1.82, 2.24) is 4.90 Å². The minimum absolute atomic E-state index is 0.0957. The fraction of sp³-hybridized carbons (Fsp3) is 0.500. The number of amides is 1. The number of hydrogen-bond donors (Lipinski definition) is 2. The Bertz CT molecular complexity index is 500. The van der Waals surface area contributed by atoms with Crippen molar-refractivity contribution in [3.05, 3.63) is 35.4 Å². The van der Waals surface area contributed by atoms with Crippen molar-refractivity contribution in [2.24, 2.45) is 16.8 Å². The first kappa shape index (κ1) is 17.0. The highest BCUT2D eigenvalue weighted by Gasteiger charge is 2.17. The average Bonchev–Trinajstić information content (AvgIpc) is 2.50. The summed E-state index contributed by atoms with van der Waals surface area (Å²) >= 11 is 0. The third-order valence-electron chi connectivity index (χ3n) is 3.72. The maximum atomic E-state index is 12.3. The summed E-state index contributed by atoms with van der Waals surface area (Å²) in [5, 5.41) is 11.7. The Labute approximate surface area is 126 Å². The first-order chi connectivity index (χ1) is 9.99. The molecule has 1 aromatic rings. The number of nitrogens with zero attached hydrogens (tertiary/aromatic N) is 2. The topological polar surface area (TPSA) is 78.9 Å². The Morgan fingerprint density at radius 3 is 2.67 bits per heavy atom. The molecule has 5 heteroatoms. The standard InChI is InChI=1S/C16H25N3O2/c1-4-19(11-13(3)16(17)18-21)15(20)10-9-14-8-6-5-7-12(14)2/h5-8,13,21H,4,9-11H2,1-3H3,(H2,17,18). The molecule has 0 aliphatic rings. The number of benzene rings is 1. The number of amidine groups is 1. The van der Waals surface area contributed by atoms with Crippen LogP contribution in [0.1, 0.15) is 31.4 Å². The highest BCUT2D eigenvalue weighted by molar-refractivity contribution is 5.83. The van der Waals surface area contributed by atoms with Crippen molar-refractivity contribution in [2.45, 2.75) is 33.6 Å². The molecule has 1 unspecified atom stereocenters. The van der Waals surface area contributed by atoms with E-state index in [1.165, 1.54) is 11.1 Å². The first-order valence-electron chi connectivity index (χ1n) is 7.29. The van der Waals surface area contributed by atoms with E-state index in [4.69, 9.17) is 10.9 Å². The van der Waals surface area contributed by atoms with Gasteiger partial charge in [0, 0.05) is 25.4 Å². The summed E-state index contributed by atoms with van der Waals surface area (Å²) in [5.74, 6) is 0.0934. The number of oxime groups is 1. The smallest absolute Gasteiger partial charge is 0.222 e. The SMILES string of the molecule is CCN(CC(C)C(N)=NO)C(=O)CCc1ccccc1C. The molecule has 5 nitrogen and oxygen atoms in total. The summed E-state index contributed by atoms with van der Waals surface area (Å²) in [5.41, 5.74) is 7.97. The number of hydrogen-bond acceptors (Lipinski definition) is 3. The van der Waals surface area contributed by atoms with Gasteiger partial charge in [0.2, 0.25) is 5.91 Å². The molecule has 0 radical (unpaired) electrons. The van der Waals surface area contributed by atoms with Crippen LogP contribution in [-0.4, -0.2) is 34.9 Å². The molecule has 0 fully saturated rings. The van der Waals surface area contributed by atoms with E-state index >= 15 is 0 Å². The van der Waals surface area contributed by atoms with Gasteiger partial charge in [-0.15, -0.1) is 0 Å². The second kappa shape index (κ2) is 8.29. The van der Waals surface area contributed by atoms with Crippen LogP contribution in [0.2, 0.25) is 0 Å². The minimum Gasteiger partial charge on any atom is -0.409 e. The van der Waals surface area contributed by atoms with Crippen LogP contribution >= 0.6 is 0 Å². The van der Waals surface area contributed by atoms with Crippen LogP contribution in [0, 0.1) is 12.8 Å². The van der Waals surface area contributed by atoms with E-state index in [1.807, 2.05) is 26.0 Å². The molecule has 0 aliphatic heterocycles. The third-order valence-corrected chi connectivity index (χ3v) is 3.72. The maximum Gasteiger partial charge on any atom is 0.222 e. The predicted molar refractivity (Wildman–Crippen MR) is 84.3 cm³/mol. The highest BCUT2D eigenvalue weighted by atomic mass is 16.4. The monoisotopic (exact) mass is 291 g/mol.